The van der Waals surface area contributed by atoms with E-state index < -0.39 is 18.0 Å². The summed E-state index contributed by atoms with van der Waals surface area (Å²) in [5.74, 6) is 0.540. The van der Waals surface area contributed by atoms with Crippen LogP contribution >= 0.6 is 0 Å². The number of benzene rings is 1. The molecule has 1 aromatic carbocycles. The lowest BCUT2D eigenvalue weighted by Gasteiger charge is -2.16. The van der Waals surface area contributed by atoms with E-state index in [0.29, 0.717) is 17.1 Å². The van der Waals surface area contributed by atoms with Crippen molar-refractivity contribution >= 4 is 11.9 Å². The number of imide groups is 1. The van der Waals surface area contributed by atoms with E-state index in [1.54, 1.807) is 6.07 Å². The van der Waals surface area contributed by atoms with Gasteiger partial charge in [0.1, 0.15) is 5.75 Å². The van der Waals surface area contributed by atoms with Gasteiger partial charge in [-0.25, -0.2) is 4.79 Å². The van der Waals surface area contributed by atoms with Crippen LogP contribution in [0.3, 0.4) is 0 Å². The normalized spacial score (nSPS) is 13.7. The van der Waals surface area contributed by atoms with E-state index in [0.717, 1.165) is 0 Å². The van der Waals surface area contributed by atoms with E-state index in [9.17, 15) is 14.7 Å². The number of carbonyl (C=O) groups excluding carboxylic acids is 2. The van der Waals surface area contributed by atoms with Gasteiger partial charge in [0.25, 0.3) is 5.91 Å². The Bertz CT molecular complexity index is 545. The monoisotopic (exact) mass is 282 g/mol. The Hall–Kier alpha value is -2.48. The number of carbonyl (C=O) groups is 2. The third kappa shape index (κ3) is 2.91. The zero-order valence-electron chi connectivity index (χ0n) is 10.7. The molecule has 0 aromatic heterocycles. The zero-order chi connectivity index (χ0) is 14.7. The maximum absolute atomic E-state index is 11.5. The fourth-order valence-electron chi connectivity index (χ4n) is 1.67. The van der Waals surface area contributed by atoms with Crippen molar-refractivity contribution in [3.63, 3.8) is 0 Å². The molecule has 1 aliphatic heterocycles. The lowest BCUT2D eigenvalue weighted by molar-refractivity contribution is -0.126. The highest BCUT2D eigenvalue weighted by molar-refractivity contribution is 5.95. The number of fused-ring (bicyclic) bond motifs is 1. The van der Waals surface area contributed by atoms with Crippen molar-refractivity contribution in [1.82, 2.24) is 5.32 Å². The largest absolute Gasteiger partial charge is 0.480 e. The van der Waals surface area contributed by atoms with Crippen LogP contribution in [-0.2, 0) is 11.4 Å². The first-order valence-corrected chi connectivity index (χ1v) is 5.81. The van der Waals surface area contributed by atoms with Gasteiger partial charge in [0.2, 0.25) is 6.79 Å². The molecule has 20 heavy (non-hydrogen) atoms. The van der Waals surface area contributed by atoms with Crippen molar-refractivity contribution in [2.75, 3.05) is 6.79 Å². The molecular weight excluding hydrogens is 268 g/mol. The SMILES string of the molecule is CC(Oc1cc2c(cc1CO)OCO2)C(=O)NC(N)=O. The summed E-state index contributed by atoms with van der Waals surface area (Å²) in [7, 11) is 0. The van der Waals surface area contributed by atoms with Crippen LogP contribution in [0, 0.1) is 0 Å². The Morgan fingerprint density at radius 3 is 2.70 bits per heavy atom. The van der Waals surface area contributed by atoms with E-state index in [1.807, 2.05) is 5.32 Å². The number of aliphatic hydroxyl groups excluding tert-OH is 1. The van der Waals surface area contributed by atoms with Crippen LogP contribution in [0.1, 0.15) is 12.5 Å². The minimum absolute atomic E-state index is 0.0847. The van der Waals surface area contributed by atoms with Gasteiger partial charge in [0.15, 0.2) is 17.6 Å². The van der Waals surface area contributed by atoms with Crippen molar-refractivity contribution in [3.05, 3.63) is 17.7 Å². The van der Waals surface area contributed by atoms with Crippen LogP contribution < -0.4 is 25.3 Å². The van der Waals surface area contributed by atoms with Crippen LogP contribution in [0.2, 0.25) is 0 Å². The van der Waals surface area contributed by atoms with Crippen molar-refractivity contribution in [2.24, 2.45) is 5.73 Å². The minimum atomic E-state index is -0.965. The van der Waals surface area contributed by atoms with Crippen molar-refractivity contribution in [3.8, 4) is 17.2 Å². The molecule has 4 N–H and O–H groups in total. The molecule has 3 amide bonds. The second-order valence-electron chi connectivity index (χ2n) is 4.08. The van der Waals surface area contributed by atoms with Crippen molar-refractivity contribution in [2.45, 2.75) is 19.6 Å². The number of hydrogen-bond acceptors (Lipinski definition) is 6. The number of ether oxygens (including phenoxy) is 3. The maximum Gasteiger partial charge on any atom is 0.318 e. The number of aliphatic hydroxyl groups is 1. The summed E-state index contributed by atoms with van der Waals surface area (Å²) in [6.45, 7) is 1.24. The molecule has 1 aromatic rings. The highest BCUT2D eigenvalue weighted by atomic mass is 16.7. The van der Waals surface area contributed by atoms with E-state index in [-0.39, 0.29) is 19.1 Å². The number of rotatable bonds is 4. The van der Waals surface area contributed by atoms with Crippen LogP contribution in [0.15, 0.2) is 12.1 Å². The first kappa shape index (κ1) is 13.9. The molecule has 0 bridgehead atoms. The molecule has 0 saturated carbocycles. The number of nitrogens with two attached hydrogens (primary N) is 1. The summed E-state index contributed by atoms with van der Waals surface area (Å²) < 4.78 is 15.8. The second-order valence-corrected chi connectivity index (χ2v) is 4.08. The summed E-state index contributed by atoms with van der Waals surface area (Å²) in [4.78, 5) is 22.1. The van der Waals surface area contributed by atoms with Crippen LogP contribution in [0.5, 0.6) is 17.2 Å². The van der Waals surface area contributed by atoms with Gasteiger partial charge in [-0.2, -0.15) is 0 Å². The molecule has 0 fully saturated rings. The Kier molecular flexibility index (Phi) is 3.94. The van der Waals surface area contributed by atoms with Crippen molar-refractivity contribution in [1.29, 1.82) is 0 Å². The van der Waals surface area contributed by atoms with Gasteiger partial charge < -0.3 is 25.1 Å². The number of nitrogens with one attached hydrogen (secondary N) is 1. The Morgan fingerprint density at radius 2 is 2.10 bits per heavy atom. The highest BCUT2D eigenvalue weighted by Gasteiger charge is 2.21. The Morgan fingerprint density at radius 1 is 1.45 bits per heavy atom. The Labute approximate surface area is 114 Å². The first-order valence-electron chi connectivity index (χ1n) is 5.81. The van der Waals surface area contributed by atoms with Gasteiger partial charge in [-0.05, 0) is 13.0 Å². The van der Waals surface area contributed by atoms with E-state index in [2.05, 4.69) is 0 Å². The average Bonchev–Trinajstić information content (AvgIpc) is 2.83. The Balaban J connectivity index is 2.16. The first-order chi connectivity index (χ1) is 9.51. The maximum atomic E-state index is 11.5. The molecule has 1 unspecified atom stereocenters. The average molecular weight is 282 g/mol. The third-order valence-electron chi connectivity index (χ3n) is 2.65. The fourth-order valence-corrected chi connectivity index (χ4v) is 1.67. The molecule has 0 aliphatic carbocycles. The summed E-state index contributed by atoms with van der Waals surface area (Å²) in [6, 6.07) is 2.12. The lowest BCUT2D eigenvalue weighted by atomic mass is 10.2. The topological polar surface area (TPSA) is 120 Å². The molecule has 108 valence electrons. The summed E-state index contributed by atoms with van der Waals surface area (Å²) in [5, 5.41) is 11.2. The zero-order valence-corrected chi connectivity index (χ0v) is 10.7. The van der Waals surface area contributed by atoms with Gasteiger partial charge in [0, 0.05) is 11.6 Å². The molecule has 1 atom stereocenters. The molecular formula is C12H14N2O6. The van der Waals surface area contributed by atoms with Crippen LogP contribution in [-0.4, -0.2) is 29.9 Å². The standard InChI is InChI=1S/C12H14N2O6/c1-6(11(16)14-12(13)17)20-8-3-10-9(18-5-19-10)2-7(8)4-15/h2-3,6,15H,4-5H2,1H3,(H3,13,14,16,17). The molecule has 8 heteroatoms. The lowest BCUT2D eigenvalue weighted by Crippen LogP contribution is -2.42. The molecule has 8 nitrogen and oxygen atoms in total. The van der Waals surface area contributed by atoms with Gasteiger partial charge in [-0.3, -0.25) is 10.1 Å². The molecule has 0 radical (unpaired) electrons. The van der Waals surface area contributed by atoms with Crippen LogP contribution in [0.25, 0.3) is 0 Å². The van der Waals surface area contributed by atoms with Gasteiger partial charge >= 0.3 is 6.03 Å². The quantitative estimate of drug-likeness (QED) is 0.707. The number of hydrogen-bond donors (Lipinski definition) is 3. The van der Waals surface area contributed by atoms with E-state index >= 15 is 0 Å². The molecule has 0 spiro atoms. The predicted octanol–water partition coefficient (Wildman–Crippen LogP) is -0.130. The van der Waals surface area contributed by atoms with E-state index in [1.165, 1.54) is 13.0 Å². The second kappa shape index (κ2) is 5.66. The minimum Gasteiger partial charge on any atom is -0.480 e. The fraction of sp³-hybridized carbons (Fsp3) is 0.333. The third-order valence-corrected chi connectivity index (χ3v) is 2.65. The smallest absolute Gasteiger partial charge is 0.318 e. The van der Waals surface area contributed by atoms with Crippen molar-refractivity contribution < 1.29 is 28.9 Å². The van der Waals surface area contributed by atoms with E-state index in [4.69, 9.17) is 19.9 Å². The van der Waals surface area contributed by atoms with Gasteiger partial charge in [-0.15, -0.1) is 0 Å². The number of primary amides is 1. The highest BCUT2D eigenvalue weighted by Crippen LogP contribution is 2.38. The molecule has 0 saturated heterocycles. The summed E-state index contributed by atoms with van der Waals surface area (Å²) in [6.07, 6.45) is -0.965. The number of urea groups is 1. The molecule has 1 heterocycles. The summed E-state index contributed by atoms with van der Waals surface area (Å²) >= 11 is 0. The molecule has 1 aliphatic rings. The van der Waals surface area contributed by atoms with Gasteiger partial charge in [-0.1, -0.05) is 0 Å². The number of amides is 3. The predicted molar refractivity (Wildman–Crippen MR) is 66.3 cm³/mol. The summed E-state index contributed by atoms with van der Waals surface area (Å²) in [5.41, 5.74) is 5.29. The van der Waals surface area contributed by atoms with Gasteiger partial charge in [0.05, 0.1) is 6.61 Å². The van der Waals surface area contributed by atoms with Crippen LogP contribution in [0.4, 0.5) is 4.79 Å². The molecule has 2 rings (SSSR count).